The SMILES string of the molecule is NCCc1coc(-c2cccc(Cl)c2)n1. The average molecular weight is 223 g/mol. The number of benzene rings is 1. The molecule has 3 nitrogen and oxygen atoms in total. The molecule has 2 N–H and O–H groups in total. The third kappa shape index (κ3) is 2.37. The first-order valence-electron chi connectivity index (χ1n) is 4.70. The van der Waals surface area contributed by atoms with Gasteiger partial charge in [0.2, 0.25) is 5.89 Å². The van der Waals surface area contributed by atoms with Crippen molar-refractivity contribution in [2.75, 3.05) is 6.54 Å². The Hall–Kier alpha value is -1.32. The molecule has 0 radical (unpaired) electrons. The Morgan fingerprint density at radius 3 is 3.00 bits per heavy atom. The number of hydrogen-bond donors (Lipinski definition) is 1. The third-order valence-corrected chi connectivity index (χ3v) is 2.26. The Labute approximate surface area is 92.9 Å². The van der Waals surface area contributed by atoms with Gasteiger partial charge >= 0.3 is 0 Å². The predicted octanol–water partition coefficient (Wildman–Crippen LogP) is 2.50. The molecule has 0 atom stereocenters. The summed E-state index contributed by atoms with van der Waals surface area (Å²) in [4.78, 5) is 4.31. The second-order valence-electron chi connectivity index (χ2n) is 3.19. The van der Waals surface area contributed by atoms with Gasteiger partial charge in [-0.05, 0) is 24.7 Å². The number of aromatic nitrogens is 1. The largest absolute Gasteiger partial charge is 0.444 e. The van der Waals surface area contributed by atoms with Crippen molar-refractivity contribution in [1.82, 2.24) is 4.98 Å². The summed E-state index contributed by atoms with van der Waals surface area (Å²) in [5.41, 5.74) is 7.18. The maximum Gasteiger partial charge on any atom is 0.226 e. The summed E-state index contributed by atoms with van der Waals surface area (Å²) in [6.07, 6.45) is 2.35. The summed E-state index contributed by atoms with van der Waals surface area (Å²) >= 11 is 5.87. The van der Waals surface area contributed by atoms with Crippen molar-refractivity contribution in [2.24, 2.45) is 5.73 Å². The van der Waals surface area contributed by atoms with Gasteiger partial charge in [-0.25, -0.2) is 4.98 Å². The van der Waals surface area contributed by atoms with E-state index < -0.39 is 0 Å². The Morgan fingerprint density at radius 2 is 2.27 bits per heavy atom. The Kier molecular flexibility index (Phi) is 3.04. The second-order valence-corrected chi connectivity index (χ2v) is 3.63. The van der Waals surface area contributed by atoms with Crippen molar-refractivity contribution in [3.8, 4) is 11.5 Å². The highest BCUT2D eigenvalue weighted by Crippen LogP contribution is 2.21. The molecule has 15 heavy (non-hydrogen) atoms. The zero-order chi connectivity index (χ0) is 10.7. The molecule has 1 heterocycles. The summed E-state index contributed by atoms with van der Waals surface area (Å²) in [6, 6.07) is 7.41. The van der Waals surface area contributed by atoms with Crippen molar-refractivity contribution in [2.45, 2.75) is 6.42 Å². The van der Waals surface area contributed by atoms with E-state index in [1.54, 1.807) is 6.26 Å². The molecule has 0 saturated carbocycles. The van der Waals surface area contributed by atoms with Crippen LogP contribution in [0.15, 0.2) is 34.9 Å². The molecule has 0 unspecified atom stereocenters. The van der Waals surface area contributed by atoms with E-state index in [-0.39, 0.29) is 0 Å². The fourth-order valence-corrected chi connectivity index (χ4v) is 1.51. The quantitative estimate of drug-likeness (QED) is 0.868. The van der Waals surface area contributed by atoms with E-state index in [0.29, 0.717) is 17.5 Å². The van der Waals surface area contributed by atoms with Crippen LogP contribution >= 0.6 is 11.6 Å². The molecular formula is C11H11ClN2O. The van der Waals surface area contributed by atoms with Crippen LogP contribution in [0.25, 0.3) is 11.5 Å². The molecule has 0 bridgehead atoms. The van der Waals surface area contributed by atoms with Crippen molar-refractivity contribution in [3.63, 3.8) is 0 Å². The minimum absolute atomic E-state index is 0.571. The van der Waals surface area contributed by atoms with E-state index in [4.69, 9.17) is 21.8 Å². The van der Waals surface area contributed by atoms with Gasteiger partial charge in [0.15, 0.2) is 0 Å². The lowest BCUT2D eigenvalue weighted by Crippen LogP contribution is -2.02. The number of halogens is 1. The van der Waals surface area contributed by atoms with Gasteiger partial charge in [0.25, 0.3) is 0 Å². The van der Waals surface area contributed by atoms with Crippen molar-refractivity contribution < 1.29 is 4.42 Å². The Balaban J connectivity index is 2.29. The lowest BCUT2D eigenvalue weighted by Gasteiger charge is -1.94. The monoisotopic (exact) mass is 222 g/mol. The Morgan fingerprint density at radius 1 is 1.40 bits per heavy atom. The van der Waals surface area contributed by atoms with E-state index in [1.807, 2.05) is 24.3 Å². The highest BCUT2D eigenvalue weighted by molar-refractivity contribution is 6.30. The number of nitrogens with two attached hydrogens (primary N) is 1. The first-order chi connectivity index (χ1) is 7.29. The van der Waals surface area contributed by atoms with E-state index in [9.17, 15) is 0 Å². The molecule has 2 rings (SSSR count). The molecular weight excluding hydrogens is 212 g/mol. The molecule has 0 amide bonds. The fourth-order valence-electron chi connectivity index (χ4n) is 1.32. The van der Waals surface area contributed by atoms with Gasteiger partial charge in [-0.1, -0.05) is 17.7 Å². The maximum atomic E-state index is 5.87. The van der Waals surface area contributed by atoms with Gasteiger partial charge in [-0.2, -0.15) is 0 Å². The second kappa shape index (κ2) is 4.47. The van der Waals surface area contributed by atoms with Crippen molar-refractivity contribution in [1.29, 1.82) is 0 Å². The van der Waals surface area contributed by atoms with Gasteiger partial charge in [0, 0.05) is 17.0 Å². The van der Waals surface area contributed by atoms with Crippen LogP contribution in [0.4, 0.5) is 0 Å². The zero-order valence-electron chi connectivity index (χ0n) is 8.11. The lowest BCUT2D eigenvalue weighted by atomic mass is 10.2. The van der Waals surface area contributed by atoms with Gasteiger partial charge in [0.05, 0.1) is 5.69 Å². The van der Waals surface area contributed by atoms with Crippen LogP contribution in [0.5, 0.6) is 0 Å². The molecule has 0 aliphatic heterocycles. The summed E-state index contributed by atoms with van der Waals surface area (Å²) in [5.74, 6) is 0.584. The number of rotatable bonds is 3. The third-order valence-electron chi connectivity index (χ3n) is 2.02. The number of hydrogen-bond acceptors (Lipinski definition) is 3. The summed E-state index contributed by atoms with van der Waals surface area (Å²) < 4.78 is 5.33. The summed E-state index contributed by atoms with van der Waals surface area (Å²) in [6.45, 7) is 0.571. The molecule has 78 valence electrons. The van der Waals surface area contributed by atoms with E-state index >= 15 is 0 Å². The first-order valence-corrected chi connectivity index (χ1v) is 5.08. The van der Waals surface area contributed by atoms with E-state index in [0.717, 1.165) is 17.7 Å². The fraction of sp³-hybridized carbons (Fsp3) is 0.182. The highest BCUT2D eigenvalue weighted by atomic mass is 35.5. The minimum atomic E-state index is 0.571. The normalized spacial score (nSPS) is 10.5. The van der Waals surface area contributed by atoms with Crippen LogP contribution in [0.3, 0.4) is 0 Å². The smallest absolute Gasteiger partial charge is 0.226 e. The average Bonchev–Trinajstić information content (AvgIpc) is 2.67. The summed E-state index contributed by atoms with van der Waals surface area (Å²) in [7, 11) is 0. The summed E-state index contributed by atoms with van der Waals surface area (Å²) in [5, 5.41) is 0.672. The minimum Gasteiger partial charge on any atom is -0.444 e. The topological polar surface area (TPSA) is 52.0 Å². The van der Waals surface area contributed by atoms with Crippen LogP contribution in [0.2, 0.25) is 5.02 Å². The first kappa shape index (κ1) is 10.2. The molecule has 4 heteroatoms. The van der Waals surface area contributed by atoms with Gasteiger partial charge < -0.3 is 10.2 Å². The maximum absolute atomic E-state index is 5.87. The zero-order valence-corrected chi connectivity index (χ0v) is 8.87. The number of nitrogens with zero attached hydrogens (tertiary/aromatic N) is 1. The van der Waals surface area contributed by atoms with Crippen LogP contribution in [0, 0.1) is 0 Å². The van der Waals surface area contributed by atoms with Gasteiger partial charge in [-0.15, -0.1) is 0 Å². The van der Waals surface area contributed by atoms with E-state index in [1.165, 1.54) is 0 Å². The standard InChI is InChI=1S/C11H11ClN2O/c12-9-3-1-2-8(6-9)11-14-10(4-5-13)7-15-11/h1-3,6-7H,4-5,13H2. The van der Waals surface area contributed by atoms with E-state index in [2.05, 4.69) is 4.98 Å². The molecule has 0 saturated heterocycles. The van der Waals surface area contributed by atoms with Gasteiger partial charge in [-0.3, -0.25) is 0 Å². The molecule has 0 spiro atoms. The number of oxazole rings is 1. The molecule has 0 aliphatic carbocycles. The van der Waals surface area contributed by atoms with Crippen molar-refractivity contribution >= 4 is 11.6 Å². The molecule has 0 aliphatic rings. The molecule has 2 aromatic rings. The van der Waals surface area contributed by atoms with Gasteiger partial charge in [0.1, 0.15) is 6.26 Å². The molecule has 1 aromatic heterocycles. The lowest BCUT2D eigenvalue weighted by molar-refractivity contribution is 0.572. The highest BCUT2D eigenvalue weighted by Gasteiger charge is 2.06. The van der Waals surface area contributed by atoms with Crippen molar-refractivity contribution in [3.05, 3.63) is 41.2 Å². The molecule has 1 aromatic carbocycles. The van der Waals surface area contributed by atoms with Crippen LogP contribution in [0.1, 0.15) is 5.69 Å². The van der Waals surface area contributed by atoms with Crippen LogP contribution < -0.4 is 5.73 Å². The Bertz CT molecular complexity index is 453. The van der Waals surface area contributed by atoms with Crippen LogP contribution in [-0.4, -0.2) is 11.5 Å². The predicted molar refractivity (Wildman–Crippen MR) is 59.7 cm³/mol. The van der Waals surface area contributed by atoms with Crippen LogP contribution in [-0.2, 0) is 6.42 Å². The molecule has 0 fully saturated rings.